The molecule has 2 N–H and O–H groups in total. The summed E-state index contributed by atoms with van der Waals surface area (Å²) in [6, 6.07) is 11.1. The van der Waals surface area contributed by atoms with Crippen LogP contribution in [0, 0.1) is 17.6 Å². The van der Waals surface area contributed by atoms with E-state index in [0.717, 1.165) is 19.4 Å². The Morgan fingerprint density at radius 1 is 1.10 bits per heavy atom. The van der Waals surface area contributed by atoms with Gasteiger partial charge < -0.3 is 20.1 Å². The Balaban J connectivity index is 1.17. The number of phenolic OH excluding ortho intramolecular Hbond substituents is 1. The van der Waals surface area contributed by atoms with Crippen LogP contribution in [0.5, 0.6) is 11.8 Å². The predicted octanol–water partition coefficient (Wildman–Crippen LogP) is 6.60. The first-order valence-corrected chi connectivity index (χ1v) is 17.5. The van der Waals surface area contributed by atoms with Crippen molar-refractivity contribution in [1.29, 1.82) is 0 Å². The number of alkyl halides is 1. The Morgan fingerprint density at radius 3 is 2.73 bits per heavy atom. The molecule has 5 aromatic rings. The largest absolute Gasteiger partial charge is 0.508 e. The number of aromatic nitrogens is 4. The SMILES string of the molecule is CCc1c(F)ccc2cc(O)cc(-c3ncc4c(N5CCC(C(=O)Nc6ccccn6)CC5)nc(OC[C@@]56CCCN5C[C@H](F)C6)nc4c3F)c12. The number of ether oxygens (including phenoxy) is 1. The van der Waals surface area contributed by atoms with Gasteiger partial charge in [-0.15, -0.1) is 0 Å². The van der Waals surface area contributed by atoms with Gasteiger partial charge in [-0.3, -0.25) is 14.7 Å². The van der Waals surface area contributed by atoms with Crippen molar-refractivity contribution in [2.24, 2.45) is 5.92 Å². The lowest BCUT2D eigenvalue weighted by Gasteiger charge is -2.33. The lowest BCUT2D eigenvalue weighted by atomic mass is 9.94. The Bertz CT molecular complexity index is 2130. The minimum Gasteiger partial charge on any atom is -0.508 e. The van der Waals surface area contributed by atoms with Gasteiger partial charge in [-0.05, 0) is 85.3 Å². The molecule has 10 nitrogen and oxygen atoms in total. The Hall–Kier alpha value is -5.04. The first-order valence-electron chi connectivity index (χ1n) is 17.5. The summed E-state index contributed by atoms with van der Waals surface area (Å²) in [5.74, 6) is -0.796. The zero-order chi connectivity index (χ0) is 35.3. The van der Waals surface area contributed by atoms with Crippen molar-refractivity contribution in [3.63, 3.8) is 0 Å². The van der Waals surface area contributed by atoms with Crippen LogP contribution in [0.3, 0.4) is 0 Å². The van der Waals surface area contributed by atoms with Gasteiger partial charge in [0.25, 0.3) is 0 Å². The van der Waals surface area contributed by atoms with Gasteiger partial charge in [0.05, 0.1) is 10.9 Å². The number of nitrogens with one attached hydrogen (secondary N) is 1. The van der Waals surface area contributed by atoms with Gasteiger partial charge >= 0.3 is 6.01 Å². The summed E-state index contributed by atoms with van der Waals surface area (Å²) in [7, 11) is 0. The third kappa shape index (κ3) is 6.07. The molecule has 3 saturated heterocycles. The van der Waals surface area contributed by atoms with Crippen LogP contribution in [-0.4, -0.2) is 80.3 Å². The summed E-state index contributed by atoms with van der Waals surface area (Å²) in [5, 5.41) is 14.9. The van der Waals surface area contributed by atoms with Gasteiger partial charge in [-0.1, -0.05) is 19.1 Å². The highest BCUT2D eigenvalue weighted by Gasteiger charge is 2.49. The van der Waals surface area contributed by atoms with Crippen molar-refractivity contribution in [1.82, 2.24) is 24.8 Å². The molecule has 6 heterocycles. The van der Waals surface area contributed by atoms with Crippen molar-refractivity contribution in [2.45, 2.75) is 57.2 Å². The average Bonchev–Trinajstić information content (AvgIpc) is 3.66. The Kier molecular flexibility index (Phi) is 8.61. The number of hydrogen-bond acceptors (Lipinski definition) is 9. The molecule has 0 unspecified atom stereocenters. The first-order chi connectivity index (χ1) is 24.7. The highest BCUT2D eigenvalue weighted by molar-refractivity contribution is 6.02. The molecular weight excluding hydrogens is 659 g/mol. The van der Waals surface area contributed by atoms with E-state index in [1.807, 2.05) is 11.8 Å². The second kappa shape index (κ2) is 13.3. The molecule has 3 aliphatic heterocycles. The molecule has 13 heteroatoms. The van der Waals surface area contributed by atoms with Crippen LogP contribution in [0.1, 0.15) is 44.6 Å². The number of piperidine rings is 1. The quantitative estimate of drug-likeness (QED) is 0.185. The van der Waals surface area contributed by atoms with Crippen LogP contribution in [-0.2, 0) is 11.2 Å². The van der Waals surface area contributed by atoms with Crippen LogP contribution in [0.4, 0.5) is 24.8 Å². The third-order valence-corrected chi connectivity index (χ3v) is 10.7. The van der Waals surface area contributed by atoms with Crippen molar-refractivity contribution in [3.8, 4) is 23.0 Å². The normalized spacial score (nSPS) is 21.0. The lowest BCUT2D eigenvalue weighted by molar-refractivity contribution is -0.120. The number of amides is 1. The molecule has 51 heavy (non-hydrogen) atoms. The van der Waals surface area contributed by atoms with Crippen molar-refractivity contribution in [2.75, 3.05) is 43.0 Å². The maximum absolute atomic E-state index is 16.9. The van der Waals surface area contributed by atoms with Gasteiger partial charge in [0, 0.05) is 49.9 Å². The summed E-state index contributed by atoms with van der Waals surface area (Å²) >= 11 is 0. The maximum atomic E-state index is 16.9. The van der Waals surface area contributed by atoms with Gasteiger partial charge in [0.2, 0.25) is 5.91 Å². The fraction of sp³-hybridized carbons (Fsp3) is 0.395. The monoisotopic (exact) mass is 697 g/mol. The van der Waals surface area contributed by atoms with E-state index >= 15 is 8.78 Å². The molecule has 2 aromatic carbocycles. The molecule has 8 rings (SSSR count). The molecule has 3 fully saturated rings. The number of hydrogen-bond donors (Lipinski definition) is 2. The predicted molar refractivity (Wildman–Crippen MR) is 188 cm³/mol. The fourth-order valence-electron chi connectivity index (χ4n) is 8.21. The minimum atomic E-state index is -0.945. The number of aryl methyl sites for hydroxylation is 1. The Morgan fingerprint density at radius 2 is 1.94 bits per heavy atom. The van der Waals surface area contributed by atoms with Crippen molar-refractivity contribution in [3.05, 3.63) is 72.1 Å². The number of rotatable bonds is 8. The highest BCUT2D eigenvalue weighted by Crippen LogP contribution is 2.42. The summed E-state index contributed by atoms with van der Waals surface area (Å²) in [6.45, 7) is 4.02. The van der Waals surface area contributed by atoms with Gasteiger partial charge in [-0.2, -0.15) is 9.97 Å². The third-order valence-electron chi connectivity index (χ3n) is 10.7. The van der Waals surface area contributed by atoms with Gasteiger partial charge in [-0.25, -0.2) is 18.2 Å². The lowest BCUT2D eigenvalue weighted by Crippen LogP contribution is -2.43. The van der Waals surface area contributed by atoms with Gasteiger partial charge in [0.1, 0.15) is 47.2 Å². The molecule has 1 amide bonds. The van der Waals surface area contributed by atoms with Crippen LogP contribution < -0.4 is 15.0 Å². The van der Waals surface area contributed by atoms with E-state index in [1.165, 1.54) is 24.4 Å². The minimum absolute atomic E-state index is 0.0449. The number of fused-ring (bicyclic) bond motifs is 3. The molecule has 0 saturated carbocycles. The molecule has 0 aliphatic carbocycles. The van der Waals surface area contributed by atoms with E-state index in [0.29, 0.717) is 78.7 Å². The number of pyridine rings is 2. The standard InChI is InChI=1S/C38H38F3N7O3/c1-2-26-29(40)8-7-23-16-25(49)17-27(31(23)26)33-32(41)34-28(19-43-33)35(46-37(45-34)51-21-38-11-5-13-48(38)20-24(39)18-38)47-14-9-22(10-15-47)36(50)44-30-6-3-4-12-42-30/h3-4,6-8,12,16-17,19,22,24,49H,2,5,9-11,13-15,18,20-21H2,1H3,(H,42,44,50)/t24-,38+/m1/s1. The summed E-state index contributed by atoms with van der Waals surface area (Å²) < 4.78 is 52.8. The second-order valence-electron chi connectivity index (χ2n) is 13.8. The molecule has 264 valence electrons. The van der Waals surface area contributed by atoms with E-state index in [2.05, 4.69) is 25.2 Å². The van der Waals surface area contributed by atoms with E-state index in [1.54, 1.807) is 30.5 Å². The van der Waals surface area contributed by atoms with Crippen LogP contribution in [0.15, 0.2) is 54.9 Å². The topological polar surface area (TPSA) is 117 Å². The number of aromatic hydroxyl groups is 1. The number of nitrogens with zero attached hydrogens (tertiary/aromatic N) is 6. The molecule has 3 aromatic heterocycles. The maximum Gasteiger partial charge on any atom is 0.319 e. The molecule has 0 spiro atoms. The molecule has 0 radical (unpaired) electrons. The number of carbonyl (C=O) groups is 1. The summed E-state index contributed by atoms with van der Waals surface area (Å²) in [6.07, 6.45) is 5.62. The molecular formula is C38H38F3N7O3. The van der Waals surface area contributed by atoms with Crippen LogP contribution in [0.25, 0.3) is 32.9 Å². The molecule has 2 atom stereocenters. The summed E-state index contributed by atoms with van der Waals surface area (Å²) in [5.41, 5.74) is 0.00967. The highest BCUT2D eigenvalue weighted by atomic mass is 19.1. The molecule has 0 bridgehead atoms. The van der Waals surface area contributed by atoms with E-state index in [-0.39, 0.29) is 47.0 Å². The first kappa shape index (κ1) is 33.1. The van der Waals surface area contributed by atoms with E-state index in [9.17, 15) is 14.3 Å². The Labute approximate surface area is 292 Å². The molecule has 3 aliphatic rings. The van der Waals surface area contributed by atoms with E-state index in [4.69, 9.17) is 9.72 Å². The fourth-order valence-corrected chi connectivity index (χ4v) is 8.21. The zero-order valence-corrected chi connectivity index (χ0v) is 28.2. The van der Waals surface area contributed by atoms with Crippen molar-refractivity contribution < 1.29 is 27.8 Å². The number of phenols is 1. The number of anilines is 2. The second-order valence-corrected chi connectivity index (χ2v) is 13.8. The summed E-state index contributed by atoms with van der Waals surface area (Å²) in [4.78, 5) is 35.2. The zero-order valence-electron chi connectivity index (χ0n) is 28.2. The average molecular weight is 698 g/mol. The number of benzene rings is 2. The van der Waals surface area contributed by atoms with Gasteiger partial charge in [0.15, 0.2) is 5.82 Å². The number of halogens is 3. The number of carbonyl (C=O) groups excluding carboxylic acids is 1. The smallest absolute Gasteiger partial charge is 0.319 e. The van der Waals surface area contributed by atoms with Crippen LogP contribution in [0.2, 0.25) is 0 Å². The van der Waals surface area contributed by atoms with Crippen molar-refractivity contribution >= 4 is 39.2 Å². The van der Waals surface area contributed by atoms with Crippen LogP contribution >= 0.6 is 0 Å². The van der Waals surface area contributed by atoms with E-state index < -0.39 is 23.3 Å².